The molecule has 1 aromatic carbocycles. The summed E-state index contributed by atoms with van der Waals surface area (Å²) in [5, 5.41) is 10.2. The maximum absolute atomic E-state index is 11.4. The summed E-state index contributed by atoms with van der Waals surface area (Å²) in [5.41, 5.74) is 1.94. The number of rotatable bonds is 7. The first kappa shape index (κ1) is 17.1. The summed E-state index contributed by atoms with van der Waals surface area (Å²) >= 11 is 0. The minimum atomic E-state index is -0.0303. The Balaban J connectivity index is 1.96. The van der Waals surface area contributed by atoms with E-state index in [2.05, 4.69) is 27.7 Å². The van der Waals surface area contributed by atoms with Gasteiger partial charge in [-0.15, -0.1) is 0 Å². The van der Waals surface area contributed by atoms with Gasteiger partial charge >= 0.3 is 0 Å². The van der Waals surface area contributed by atoms with Gasteiger partial charge in [-0.1, -0.05) is 31.1 Å². The molecule has 0 fully saturated rings. The van der Waals surface area contributed by atoms with Crippen LogP contribution in [0.3, 0.4) is 0 Å². The summed E-state index contributed by atoms with van der Waals surface area (Å²) in [7, 11) is 0. The molecule has 23 heavy (non-hydrogen) atoms. The van der Waals surface area contributed by atoms with E-state index in [0.717, 1.165) is 23.5 Å². The number of nitrogens with one attached hydrogen (secondary N) is 2. The smallest absolute Gasteiger partial charge is 0.243 e. The molecule has 1 amide bonds. The molecule has 1 heterocycles. The summed E-state index contributed by atoms with van der Waals surface area (Å²) in [5.74, 6) is 1.33. The highest BCUT2D eigenvalue weighted by atomic mass is 16.5. The number of hydrogen-bond acceptors (Lipinski definition) is 5. The molecule has 6 heteroatoms. The van der Waals surface area contributed by atoms with Crippen molar-refractivity contribution in [1.82, 2.24) is 15.5 Å². The number of carbonyl (C=O) groups is 1. The fourth-order valence-electron chi connectivity index (χ4n) is 2.23. The van der Waals surface area contributed by atoms with Gasteiger partial charge in [-0.3, -0.25) is 10.1 Å². The van der Waals surface area contributed by atoms with Crippen LogP contribution in [0.25, 0.3) is 0 Å². The molecule has 1 aromatic heterocycles. The fraction of sp³-hybridized carbons (Fsp3) is 0.471. The Labute approximate surface area is 136 Å². The third-order valence-corrected chi connectivity index (χ3v) is 3.69. The van der Waals surface area contributed by atoms with Crippen molar-refractivity contribution in [3.8, 4) is 0 Å². The Morgan fingerprint density at radius 2 is 1.87 bits per heavy atom. The molecule has 0 aliphatic heterocycles. The van der Waals surface area contributed by atoms with Gasteiger partial charge in [0, 0.05) is 24.6 Å². The zero-order valence-corrected chi connectivity index (χ0v) is 14.1. The summed E-state index contributed by atoms with van der Waals surface area (Å²) in [6.07, 6.45) is 1.23. The monoisotopic (exact) mass is 316 g/mol. The minimum absolute atomic E-state index is 0.0145. The van der Waals surface area contributed by atoms with Gasteiger partial charge in [0.2, 0.25) is 11.8 Å². The zero-order valence-electron chi connectivity index (χ0n) is 14.1. The first-order chi connectivity index (χ1) is 11.0. The van der Waals surface area contributed by atoms with Gasteiger partial charge in [-0.2, -0.15) is 4.98 Å². The van der Waals surface area contributed by atoms with E-state index in [1.165, 1.54) is 0 Å². The van der Waals surface area contributed by atoms with E-state index >= 15 is 0 Å². The van der Waals surface area contributed by atoms with Crippen molar-refractivity contribution in [2.45, 2.75) is 52.6 Å². The van der Waals surface area contributed by atoms with Crippen LogP contribution in [0.1, 0.15) is 63.5 Å². The lowest BCUT2D eigenvalue weighted by Crippen LogP contribution is -2.22. The van der Waals surface area contributed by atoms with E-state index in [4.69, 9.17) is 4.52 Å². The molecule has 0 saturated heterocycles. The molecular formula is C17H24N4O2. The van der Waals surface area contributed by atoms with E-state index < -0.39 is 0 Å². The molecular weight excluding hydrogens is 292 g/mol. The van der Waals surface area contributed by atoms with E-state index in [1.807, 2.05) is 45.0 Å². The second-order valence-corrected chi connectivity index (χ2v) is 5.54. The van der Waals surface area contributed by atoms with E-state index in [1.54, 1.807) is 0 Å². The average molecular weight is 316 g/mol. The Morgan fingerprint density at radius 1 is 1.17 bits per heavy atom. The third kappa shape index (κ3) is 4.63. The van der Waals surface area contributed by atoms with Crippen LogP contribution in [0.15, 0.2) is 28.8 Å². The second-order valence-electron chi connectivity index (χ2n) is 5.54. The van der Waals surface area contributed by atoms with Crippen LogP contribution in [-0.2, 0) is 11.2 Å². The van der Waals surface area contributed by atoms with Gasteiger partial charge in [0.15, 0.2) is 5.82 Å². The van der Waals surface area contributed by atoms with Crippen molar-refractivity contribution >= 4 is 11.6 Å². The van der Waals surface area contributed by atoms with Gasteiger partial charge in [0.1, 0.15) is 0 Å². The number of benzene rings is 1. The molecule has 0 radical (unpaired) electrons. The number of nitrogens with zero attached hydrogens (tertiary/aromatic N) is 2. The molecule has 0 bridgehead atoms. The molecule has 0 aliphatic carbocycles. The standard InChI is InChI=1S/C17H24N4O2/c1-5-15-20-17(23-21-15)12(4)18-11(3)13-7-9-14(10-8-13)19-16(22)6-2/h7-12,18H,5-6H2,1-4H3,(H,19,22)/t11-,12-/m0/s1. The number of aryl methyl sites for hydroxylation is 1. The Morgan fingerprint density at radius 3 is 2.43 bits per heavy atom. The average Bonchev–Trinajstić information content (AvgIpc) is 3.04. The number of aromatic nitrogens is 2. The highest BCUT2D eigenvalue weighted by Crippen LogP contribution is 2.20. The molecule has 6 nitrogen and oxygen atoms in total. The van der Waals surface area contributed by atoms with Crippen molar-refractivity contribution in [2.24, 2.45) is 0 Å². The topological polar surface area (TPSA) is 80.0 Å². The molecule has 2 aromatic rings. The lowest BCUT2D eigenvalue weighted by Gasteiger charge is -2.18. The van der Waals surface area contributed by atoms with E-state index in [-0.39, 0.29) is 18.0 Å². The molecule has 0 spiro atoms. The Bertz CT molecular complexity index is 636. The predicted molar refractivity (Wildman–Crippen MR) is 89.0 cm³/mol. The first-order valence-electron chi connectivity index (χ1n) is 8.01. The molecule has 2 atom stereocenters. The fourth-order valence-corrected chi connectivity index (χ4v) is 2.23. The van der Waals surface area contributed by atoms with Crippen LogP contribution in [-0.4, -0.2) is 16.0 Å². The summed E-state index contributed by atoms with van der Waals surface area (Å²) in [4.78, 5) is 15.7. The van der Waals surface area contributed by atoms with Crippen LogP contribution in [0.4, 0.5) is 5.69 Å². The molecule has 2 rings (SSSR count). The minimum Gasteiger partial charge on any atom is -0.338 e. The number of carbonyl (C=O) groups excluding carboxylic acids is 1. The van der Waals surface area contributed by atoms with Crippen LogP contribution in [0.5, 0.6) is 0 Å². The van der Waals surface area contributed by atoms with Crippen molar-refractivity contribution in [1.29, 1.82) is 0 Å². The molecule has 124 valence electrons. The van der Waals surface area contributed by atoms with E-state index in [9.17, 15) is 4.79 Å². The SMILES string of the molecule is CCC(=O)Nc1ccc([C@H](C)N[C@@H](C)c2nc(CC)no2)cc1. The highest BCUT2D eigenvalue weighted by Gasteiger charge is 2.16. The molecule has 0 saturated carbocycles. The maximum atomic E-state index is 11.4. The Kier molecular flexibility index (Phi) is 5.87. The summed E-state index contributed by atoms with van der Waals surface area (Å²) in [6.45, 7) is 7.90. The quantitative estimate of drug-likeness (QED) is 0.818. The molecule has 2 N–H and O–H groups in total. The van der Waals surface area contributed by atoms with Crippen molar-refractivity contribution in [3.63, 3.8) is 0 Å². The zero-order chi connectivity index (χ0) is 16.8. The predicted octanol–water partition coefficient (Wildman–Crippen LogP) is 3.39. The van der Waals surface area contributed by atoms with Crippen molar-refractivity contribution < 1.29 is 9.32 Å². The number of amides is 1. The van der Waals surface area contributed by atoms with E-state index in [0.29, 0.717) is 12.3 Å². The number of hydrogen-bond donors (Lipinski definition) is 2. The van der Waals surface area contributed by atoms with Crippen LogP contribution in [0, 0.1) is 0 Å². The normalized spacial score (nSPS) is 13.6. The van der Waals surface area contributed by atoms with Gasteiger partial charge < -0.3 is 9.84 Å². The van der Waals surface area contributed by atoms with Crippen LogP contribution < -0.4 is 10.6 Å². The van der Waals surface area contributed by atoms with Gasteiger partial charge in [-0.25, -0.2) is 0 Å². The Hall–Kier alpha value is -2.21. The van der Waals surface area contributed by atoms with Crippen LogP contribution in [0.2, 0.25) is 0 Å². The van der Waals surface area contributed by atoms with Crippen molar-refractivity contribution in [3.05, 3.63) is 41.5 Å². The third-order valence-electron chi connectivity index (χ3n) is 3.69. The van der Waals surface area contributed by atoms with Gasteiger partial charge in [-0.05, 0) is 31.5 Å². The maximum Gasteiger partial charge on any atom is 0.243 e. The largest absolute Gasteiger partial charge is 0.338 e. The van der Waals surface area contributed by atoms with Gasteiger partial charge in [0.25, 0.3) is 0 Å². The van der Waals surface area contributed by atoms with Crippen LogP contribution >= 0.6 is 0 Å². The van der Waals surface area contributed by atoms with Crippen molar-refractivity contribution in [2.75, 3.05) is 5.32 Å². The summed E-state index contributed by atoms with van der Waals surface area (Å²) in [6, 6.07) is 7.92. The lowest BCUT2D eigenvalue weighted by molar-refractivity contribution is -0.115. The molecule has 0 unspecified atom stereocenters. The van der Waals surface area contributed by atoms with Gasteiger partial charge in [0.05, 0.1) is 6.04 Å². The lowest BCUT2D eigenvalue weighted by atomic mass is 10.1. The highest BCUT2D eigenvalue weighted by molar-refractivity contribution is 5.90. The molecule has 0 aliphatic rings. The first-order valence-corrected chi connectivity index (χ1v) is 8.01. The second kappa shape index (κ2) is 7.87. The summed E-state index contributed by atoms with van der Waals surface area (Å²) < 4.78 is 5.26. The number of anilines is 1.